The van der Waals surface area contributed by atoms with E-state index in [1.54, 1.807) is 43.7 Å². The Morgan fingerprint density at radius 1 is 1.08 bits per heavy atom. The van der Waals surface area contributed by atoms with Crippen LogP contribution in [0.2, 0.25) is 25.7 Å². The number of hydrogen-bond acceptors (Lipinski definition) is 8. The molecule has 0 aliphatic rings. The Morgan fingerprint density at radius 2 is 1.84 bits per heavy atom. The lowest BCUT2D eigenvalue weighted by atomic mass is 10.2. The first-order valence-corrected chi connectivity index (χ1v) is 17.5. The highest BCUT2D eigenvalue weighted by molar-refractivity contribution is 7.91. The lowest BCUT2D eigenvalue weighted by Crippen LogP contribution is -2.22. The third-order valence-corrected chi connectivity index (χ3v) is 9.36. The van der Waals surface area contributed by atoms with Crippen LogP contribution in [0.5, 0.6) is 11.5 Å². The zero-order valence-corrected chi connectivity index (χ0v) is 23.3. The second-order valence-electron chi connectivity index (χ2n) is 9.89. The number of aliphatic hydroxyl groups excluding tert-OH is 1. The molecular formula is C26H32N4O5SSi. The van der Waals surface area contributed by atoms with E-state index in [4.69, 9.17) is 14.5 Å². The number of imidazole rings is 1. The third kappa shape index (κ3) is 6.42. The van der Waals surface area contributed by atoms with Crippen LogP contribution in [-0.4, -0.2) is 53.5 Å². The maximum absolute atomic E-state index is 12.1. The number of sulfone groups is 1. The molecule has 0 unspecified atom stereocenters. The maximum atomic E-state index is 12.1. The van der Waals surface area contributed by atoms with Crippen molar-refractivity contribution in [2.75, 3.05) is 12.4 Å². The van der Waals surface area contributed by atoms with Crippen molar-refractivity contribution in [2.24, 2.45) is 0 Å². The Labute approximate surface area is 218 Å². The summed E-state index contributed by atoms with van der Waals surface area (Å²) in [5.41, 5.74) is 2.57. The molecule has 0 amide bonds. The van der Waals surface area contributed by atoms with E-state index in [0.29, 0.717) is 40.7 Å². The molecule has 0 saturated carbocycles. The molecule has 0 aliphatic carbocycles. The molecule has 9 nitrogen and oxygen atoms in total. The predicted octanol–water partition coefficient (Wildman–Crippen LogP) is 4.88. The van der Waals surface area contributed by atoms with Gasteiger partial charge in [0.1, 0.15) is 23.9 Å². The van der Waals surface area contributed by atoms with E-state index in [1.807, 2.05) is 10.6 Å². The number of hydrogen-bond donors (Lipinski definition) is 1. The summed E-state index contributed by atoms with van der Waals surface area (Å²) in [5.74, 6) is 1.52. The van der Waals surface area contributed by atoms with Gasteiger partial charge in [-0.25, -0.2) is 18.4 Å². The summed E-state index contributed by atoms with van der Waals surface area (Å²) in [4.78, 5) is 13.6. The molecule has 4 aromatic rings. The van der Waals surface area contributed by atoms with Crippen molar-refractivity contribution in [1.82, 2.24) is 19.5 Å². The normalized spacial score (nSPS) is 12.2. The number of rotatable bonds is 11. The molecule has 0 atom stereocenters. The minimum Gasteiger partial charge on any atom is -0.457 e. The second-order valence-corrected chi connectivity index (χ2v) is 17.8. The average molecular weight is 541 g/mol. The Morgan fingerprint density at radius 3 is 2.46 bits per heavy atom. The van der Waals surface area contributed by atoms with Crippen LogP contribution in [0, 0.1) is 0 Å². The van der Waals surface area contributed by atoms with E-state index in [1.165, 1.54) is 12.1 Å². The van der Waals surface area contributed by atoms with Crippen molar-refractivity contribution in [3.8, 4) is 23.0 Å². The Bertz CT molecular complexity index is 1470. The van der Waals surface area contributed by atoms with Gasteiger partial charge >= 0.3 is 0 Å². The first kappa shape index (κ1) is 26.9. The number of benzene rings is 2. The van der Waals surface area contributed by atoms with Gasteiger partial charge in [-0.15, -0.1) is 0 Å². The van der Waals surface area contributed by atoms with Crippen LogP contribution in [0.3, 0.4) is 0 Å². The van der Waals surface area contributed by atoms with Gasteiger partial charge in [0.25, 0.3) is 0 Å². The van der Waals surface area contributed by atoms with Gasteiger partial charge in [-0.05, 0) is 36.4 Å². The van der Waals surface area contributed by atoms with E-state index >= 15 is 0 Å². The summed E-state index contributed by atoms with van der Waals surface area (Å²) in [6.07, 6.45) is 4.87. The molecule has 0 bridgehead atoms. The molecule has 2 heterocycles. The molecule has 0 spiro atoms. The van der Waals surface area contributed by atoms with E-state index in [2.05, 4.69) is 29.6 Å². The van der Waals surface area contributed by atoms with Gasteiger partial charge in [0.2, 0.25) is 0 Å². The summed E-state index contributed by atoms with van der Waals surface area (Å²) in [5, 5.41) is 10.0. The van der Waals surface area contributed by atoms with Crippen LogP contribution >= 0.6 is 0 Å². The molecule has 0 fully saturated rings. The van der Waals surface area contributed by atoms with Gasteiger partial charge in [-0.2, -0.15) is 0 Å². The molecule has 0 aliphatic heterocycles. The van der Waals surface area contributed by atoms with Crippen LogP contribution in [-0.2, 0) is 27.9 Å². The molecule has 4 rings (SSSR count). The van der Waals surface area contributed by atoms with E-state index in [-0.39, 0.29) is 24.0 Å². The zero-order chi connectivity index (χ0) is 26.6. The fourth-order valence-electron chi connectivity index (χ4n) is 3.70. The first-order chi connectivity index (χ1) is 17.6. The lowest BCUT2D eigenvalue weighted by Gasteiger charge is -2.16. The van der Waals surface area contributed by atoms with E-state index < -0.39 is 17.9 Å². The molecule has 11 heteroatoms. The van der Waals surface area contributed by atoms with Gasteiger partial charge in [0.05, 0.1) is 34.5 Å². The standard InChI is InChI=1S/C26H32N4O5SSi/c1-5-36(32,33)21-8-6-20(7-9-21)35-25-15-24-22(14-19(25)17-31)29-26(23-16-27-10-11-28-23)30(24)18-34-12-13-37(2,3)4/h6-11,14-16,31H,5,12-13,17-18H2,1-4H3. The molecule has 0 saturated heterocycles. The van der Waals surface area contributed by atoms with Gasteiger partial charge in [0, 0.05) is 38.7 Å². The lowest BCUT2D eigenvalue weighted by molar-refractivity contribution is 0.0909. The fraction of sp³-hybridized carbons (Fsp3) is 0.346. The maximum Gasteiger partial charge on any atom is 0.178 e. The highest BCUT2D eigenvalue weighted by atomic mass is 32.2. The summed E-state index contributed by atoms with van der Waals surface area (Å²) in [6.45, 7) is 9.17. The molecule has 0 radical (unpaired) electrons. The topological polar surface area (TPSA) is 116 Å². The zero-order valence-electron chi connectivity index (χ0n) is 21.5. The van der Waals surface area contributed by atoms with Gasteiger partial charge in [-0.3, -0.25) is 9.55 Å². The minimum atomic E-state index is -3.31. The van der Waals surface area contributed by atoms with Crippen molar-refractivity contribution in [3.05, 3.63) is 60.6 Å². The third-order valence-electron chi connectivity index (χ3n) is 5.90. The quantitative estimate of drug-likeness (QED) is 0.211. The number of ether oxygens (including phenoxy) is 2. The average Bonchev–Trinajstić information content (AvgIpc) is 3.23. The molecule has 37 heavy (non-hydrogen) atoms. The van der Waals surface area contributed by atoms with Crippen molar-refractivity contribution in [1.29, 1.82) is 0 Å². The van der Waals surface area contributed by atoms with Gasteiger partial charge < -0.3 is 14.6 Å². The Kier molecular flexibility index (Phi) is 8.07. The SMILES string of the molecule is CCS(=O)(=O)c1ccc(Oc2cc3c(cc2CO)nc(-c2cnccn2)n3COCC[Si](C)(C)C)cc1. The number of nitrogens with zero attached hydrogens (tertiary/aromatic N) is 4. The van der Waals surface area contributed by atoms with Crippen molar-refractivity contribution >= 4 is 28.9 Å². The molecule has 1 N–H and O–H groups in total. The van der Waals surface area contributed by atoms with Gasteiger partial charge in [0.15, 0.2) is 15.7 Å². The molecule has 2 aromatic carbocycles. The Hall–Kier alpha value is -3.12. The largest absolute Gasteiger partial charge is 0.457 e. The summed E-state index contributed by atoms with van der Waals surface area (Å²) in [6, 6.07) is 10.9. The van der Waals surface area contributed by atoms with Crippen LogP contribution in [0.4, 0.5) is 0 Å². The number of fused-ring (bicyclic) bond motifs is 1. The first-order valence-electron chi connectivity index (χ1n) is 12.1. The second kappa shape index (κ2) is 11.1. The Balaban J connectivity index is 1.72. The highest BCUT2D eigenvalue weighted by Gasteiger charge is 2.19. The fourth-order valence-corrected chi connectivity index (χ4v) is 5.34. The number of aromatic nitrogens is 4. The monoisotopic (exact) mass is 540 g/mol. The van der Waals surface area contributed by atoms with Crippen molar-refractivity contribution in [2.45, 2.75) is 50.8 Å². The van der Waals surface area contributed by atoms with Crippen LogP contribution in [0.1, 0.15) is 12.5 Å². The van der Waals surface area contributed by atoms with Crippen LogP contribution in [0.15, 0.2) is 59.9 Å². The molecule has 2 aromatic heterocycles. The van der Waals surface area contributed by atoms with Crippen LogP contribution in [0.25, 0.3) is 22.6 Å². The van der Waals surface area contributed by atoms with E-state index in [9.17, 15) is 13.5 Å². The highest BCUT2D eigenvalue weighted by Crippen LogP contribution is 2.33. The van der Waals surface area contributed by atoms with Crippen molar-refractivity contribution < 1.29 is 23.0 Å². The smallest absolute Gasteiger partial charge is 0.178 e. The van der Waals surface area contributed by atoms with E-state index in [0.717, 1.165) is 11.6 Å². The number of aliphatic hydroxyl groups is 1. The predicted molar refractivity (Wildman–Crippen MR) is 145 cm³/mol. The molecule has 196 valence electrons. The van der Waals surface area contributed by atoms with Crippen LogP contribution < -0.4 is 4.74 Å². The molecular weight excluding hydrogens is 508 g/mol. The summed E-state index contributed by atoms with van der Waals surface area (Å²) in [7, 11) is -4.56. The summed E-state index contributed by atoms with van der Waals surface area (Å²) >= 11 is 0. The van der Waals surface area contributed by atoms with Crippen molar-refractivity contribution in [3.63, 3.8) is 0 Å². The summed E-state index contributed by atoms with van der Waals surface area (Å²) < 4.78 is 38.3. The minimum absolute atomic E-state index is 0.0245. The van der Waals surface area contributed by atoms with Gasteiger partial charge in [-0.1, -0.05) is 26.6 Å².